The summed E-state index contributed by atoms with van der Waals surface area (Å²) in [6.07, 6.45) is 3.11. The molecule has 0 radical (unpaired) electrons. The molecule has 2 rings (SSSR count). The van der Waals surface area contributed by atoms with E-state index in [1.807, 2.05) is 0 Å². The number of amides is 1. The maximum atomic E-state index is 12.8. The molecule has 1 aromatic carbocycles. The molecule has 0 aliphatic heterocycles. The summed E-state index contributed by atoms with van der Waals surface area (Å²) in [6, 6.07) is 6.53. The van der Waals surface area contributed by atoms with Crippen molar-refractivity contribution in [1.82, 2.24) is 9.29 Å². The minimum Gasteiger partial charge on any atom is -0.383 e. The Morgan fingerprint density at radius 2 is 2.14 bits per heavy atom. The van der Waals surface area contributed by atoms with Gasteiger partial charge in [0, 0.05) is 36.8 Å². The summed E-state index contributed by atoms with van der Waals surface area (Å²) in [5, 5.41) is 1.25. The molecule has 0 fully saturated rings. The molecule has 0 saturated carbocycles. The van der Waals surface area contributed by atoms with E-state index in [-0.39, 0.29) is 18.0 Å². The van der Waals surface area contributed by atoms with E-state index in [2.05, 4.69) is 4.98 Å². The molecule has 0 aliphatic rings. The number of carbonyl (C=O) groups is 1. The van der Waals surface area contributed by atoms with E-state index in [1.165, 1.54) is 19.4 Å². The van der Waals surface area contributed by atoms with Crippen LogP contribution in [0.25, 0.3) is 10.8 Å². The third-order valence-corrected chi connectivity index (χ3v) is 5.04. The molecule has 0 unspecified atom stereocenters. The average molecular weight is 323 g/mol. The van der Waals surface area contributed by atoms with Gasteiger partial charge in [-0.05, 0) is 12.1 Å². The zero-order chi connectivity index (χ0) is 16.2. The molecule has 0 atom stereocenters. The molecule has 2 aromatic rings. The van der Waals surface area contributed by atoms with Gasteiger partial charge in [-0.1, -0.05) is 12.1 Å². The smallest absolute Gasteiger partial charge is 0.244 e. The van der Waals surface area contributed by atoms with Crippen LogP contribution in [0.4, 0.5) is 0 Å². The number of benzene rings is 1. The minimum atomic E-state index is -3.87. The Labute approximate surface area is 128 Å². The number of carbonyl (C=O) groups excluding carboxylic acids is 1. The van der Waals surface area contributed by atoms with Crippen molar-refractivity contribution < 1.29 is 17.9 Å². The number of aromatic nitrogens is 1. The number of fused-ring (bicyclic) bond motifs is 1. The normalized spacial score (nSPS) is 11.9. The van der Waals surface area contributed by atoms with Crippen LogP contribution in [0.1, 0.15) is 0 Å². The van der Waals surface area contributed by atoms with Crippen LogP contribution in [0.15, 0.2) is 41.6 Å². The number of nitrogens with zero attached hydrogens (tertiary/aromatic N) is 2. The fourth-order valence-corrected chi connectivity index (χ4v) is 3.71. The van der Waals surface area contributed by atoms with Gasteiger partial charge in [0.2, 0.25) is 15.9 Å². The van der Waals surface area contributed by atoms with Crippen molar-refractivity contribution in [2.45, 2.75) is 4.90 Å². The highest BCUT2D eigenvalue weighted by Gasteiger charge is 2.27. The summed E-state index contributed by atoms with van der Waals surface area (Å²) in [4.78, 5) is 15.3. The van der Waals surface area contributed by atoms with Crippen molar-refractivity contribution >= 4 is 26.7 Å². The Morgan fingerprint density at radius 3 is 2.82 bits per heavy atom. The van der Waals surface area contributed by atoms with Crippen molar-refractivity contribution in [3.05, 3.63) is 36.7 Å². The van der Waals surface area contributed by atoms with Gasteiger partial charge in [0.25, 0.3) is 0 Å². The molecule has 1 aromatic heterocycles. The van der Waals surface area contributed by atoms with Gasteiger partial charge in [-0.2, -0.15) is 4.31 Å². The van der Waals surface area contributed by atoms with Crippen molar-refractivity contribution in [3.63, 3.8) is 0 Å². The predicted octanol–water partition coefficient (Wildman–Crippen LogP) is 0.357. The van der Waals surface area contributed by atoms with E-state index in [0.29, 0.717) is 10.8 Å². The average Bonchev–Trinajstić information content (AvgIpc) is 2.50. The third-order valence-electron chi connectivity index (χ3n) is 3.14. The Balaban J connectivity index is 2.51. The van der Waals surface area contributed by atoms with E-state index < -0.39 is 22.5 Å². The van der Waals surface area contributed by atoms with E-state index in [0.717, 1.165) is 4.31 Å². The van der Waals surface area contributed by atoms with E-state index in [4.69, 9.17) is 10.5 Å². The van der Waals surface area contributed by atoms with Gasteiger partial charge in [0.15, 0.2) is 0 Å². The zero-order valence-electron chi connectivity index (χ0n) is 12.1. The first-order valence-electron chi connectivity index (χ1n) is 6.57. The Bertz CT molecular complexity index is 771. The fraction of sp³-hybridized carbons (Fsp3) is 0.286. The number of pyridine rings is 1. The molecule has 7 nitrogen and oxygen atoms in total. The first-order valence-corrected chi connectivity index (χ1v) is 8.01. The SMILES string of the molecule is COCCN(CC(N)=O)S(=O)(=O)c1cccc2cnccc12. The van der Waals surface area contributed by atoms with Gasteiger partial charge in [-0.15, -0.1) is 0 Å². The molecule has 2 N–H and O–H groups in total. The molecule has 1 heterocycles. The standard InChI is InChI=1S/C14H17N3O4S/c1-21-8-7-17(10-14(15)18)22(19,20)13-4-2-3-11-9-16-6-5-12(11)13/h2-6,9H,7-8,10H2,1H3,(H2,15,18). The van der Waals surface area contributed by atoms with Crippen molar-refractivity contribution in [2.75, 3.05) is 26.8 Å². The highest BCUT2D eigenvalue weighted by atomic mass is 32.2. The van der Waals surface area contributed by atoms with Gasteiger partial charge in [-0.3, -0.25) is 9.78 Å². The Morgan fingerprint density at radius 1 is 1.36 bits per heavy atom. The summed E-state index contributed by atoms with van der Waals surface area (Å²) in [6.45, 7) is -0.185. The molecule has 0 aliphatic carbocycles. The lowest BCUT2D eigenvalue weighted by molar-refractivity contribution is -0.118. The summed E-state index contributed by atoms with van der Waals surface area (Å²) < 4.78 is 31.6. The maximum absolute atomic E-state index is 12.8. The largest absolute Gasteiger partial charge is 0.383 e. The van der Waals surface area contributed by atoms with Crippen molar-refractivity contribution in [1.29, 1.82) is 0 Å². The number of hydrogen-bond acceptors (Lipinski definition) is 5. The fourth-order valence-electron chi connectivity index (χ4n) is 2.11. The highest BCUT2D eigenvalue weighted by molar-refractivity contribution is 7.89. The number of methoxy groups -OCH3 is 1. The third kappa shape index (κ3) is 3.41. The first-order chi connectivity index (χ1) is 10.5. The van der Waals surface area contributed by atoms with Gasteiger partial charge in [0.1, 0.15) is 0 Å². The van der Waals surface area contributed by atoms with Gasteiger partial charge in [0.05, 0.1) is 18.0 Å². The number of rotatable bonds is 7. The quantitative estimate of drug-likeness (QED) is 0.792. The summed E-state index contributed by atoms with van der Waals surface area (Å²) >= 11 is 0. The number of sulfonamides is 1. The maximum Gasteiger partial charge on any atom is 0.244 e. The number of primary amides is 1. The molecule has 22 heavy (non-hydrogen) atoms. The molecular formula is C14H17N3O4S. The van der Waals surface area contributed by atoms with Crippen molar-refractivity contribution in [3.8, 4) is 0 Å². The topological polar surface area (TPSA) is 103 Å². The second-order valence-electron chi connectivity index (χ2n) is 4.65. The number of ether oxygens (including phenoxy) is 1. The van der Waals surface area contributed by atoms with Crippen LogP contribution in [0.3, 0.4) is 0 Å². The second kappa shape index (κ2) is 6.82. The lowest BCUT2D eigenvalue weighted by atomic mass is 10.2. The van der Waals surface area contributed by atoms with Crippen LogP contribution < -0.4 is 5.73 Å². The lowest BCUT2D eigenvalue weighted by Crippen LogP contribution is -2.40. The number of hydrogen-bond donors (Lipinski definition) is 1. The van der Waals surface area contributed by atoms with Crippen LogP contribution in [-0.4, -0.2) is 50.4 Å². The molecule has 8 heteroatoms. The Kier molecular flexibility index (Phi) is 5.07. The summed E-state index contributed by atoms with van der Waals surface area (Å²) in [5.41, 5.74) is 5.16. The number of nitrogens with two attached hydrogens (primary N) is 1. The first kappa shape index (κ1) is 16.3. The molecule has 118 valence electrons. The summed E-state index contributed by atoms with van der Waals surface area (Å²) in [7, 11) is -2.41. The van der Waals surface area contributed by atoms with Crippen LogP contribution in [-0.2, 0) is 19.6 Å². The lowest BCUT2D eigenvalue weighted by Gasteiger charge is -2.21. The predicted molar refractivity (Wildman–Crippen MR) is 81.6 cm³/mol. The van der Waals surface area contributed by atoms with Gasteiger partial charge >= 0.3 is 0 Å². The second-order valence-corrected chi connectivity index (χ2v) is 6.56. The van der Waals surface area contributed by atoms with Crippen LogP contribution in [0.5, 0.6) is 0 Å². The molecule has 0 bridgehead atoms. The Hall–Kier alpha value is -2.03. The van der Waals surface area contributed by atoms with E-state index in [1.54, 1.807) is 24.4 Å². The molecule has 0 saturated heterocycles. The van der Waals surface area contributed by atoms with Gasteiger partial charge < -0.3 is 10.5 Å². The molecule has 0 spiro atoms. The van der Waals surface area contributed by atoms with E-state index >= 15 is 0 Å². The zero-order valence-corrected chi connectivity index (χ0v) is 12.9. The molecule has 1 amide bonds. The van der Waals surface area contributed by atoms with Crippen LogP contribution in [0, 0.1) is 0 Å². The highest BCUT2D eigenvalue weighted by Crippen LogP contribution is 2.24. The van der Waals surface area contributed by atoms with Crippen molar-refractivity contribution in [2.24, 2.45) is 5.73 Å². The minimum absolute atomic E-state index is 0.0449. The van der Waals surface area contributed by atoms with E-state index in [9.17, 15) is 13.2 Å². The molecular weight excluding hydrogens is 306 g/mol. The monoisotopic (exact) mass is 323 g/mol. The van der Waals surface area contributed by atoms with Crippen LogP contribution >= 0.6 is 0 Å². The summed E-state index contributed by atoms with van der Waals surface area (Å²) in [5.74, 6) is -0.721. The van der Waals surface area contributed by atoms with Crippen LogP contribution in [0.2, 0.25) is 0 Å². The van der Waals surface area contributed by atoms with Gasteiger partial charge in [-0.25, -0.2) is 8.42 Å².